The molecule has 5 nitrogen and oxygen atoms in total. The molecule has 0 radical (unpaired) electrons. The summed E-state index contributed by atoms with van der Waals surface area (Å²) in [7, 11) is 0. The van der Waals surface area contributed by atoms with Gasteiger partial charge >= 0.3 is 0 Å². The third-order valence-electron chi connectivity index (χ3n) is 2.99. The Bertz CT molecular complexity index is 748. The van der Waals surface area contributed by atoms with Crippen molar-refractivity contribution in [3.05, 3.63) is 70.7 Å². The molecular formula is C15H13BrN4O. The molecule has 21 heavy (non-hydrogen) atoms. The van der Waals surface area contributed by atoms with Crippen LogP contribution in [0.2, 0.25) is 0 Å². The first-order valence-electron chi connectivity index (χ1n) is 6.42. The van der Waals surface area contributed by atoms with Crippen LogP contribution in [0.1, 0.15) is 15.9 Å². The van der Waals surface area contributed by atoms with E-state index < -0.39 is 0 Å². The van der Waals surface area contributed by atoms with Gasteiger partial charge in [-0.25, -0.2) is 0 Å². The fraction of sp³-hybridized carbons (Fsp3) is 0.0667. The molecule has 3 aromatic rings. The Balaban J connectivity index is 1.68. The lowest BCUT2D eigenvalue weighted by atomic mass is 10.2. The maximum atomic E-state index is 12.1. The Morgan fingerprint density at radius 1 is 1.33 bits per heavy atom. The van der Waals surface area contributed by atoms with Crippen molar-refractivity contribution in [2.45, 2.75) is 6.54 Å². The zero-order valence-corrected chi connectivity index (χ0v) is 12.7. The van der Waals surface area contributed by atoms with Crippen LogP contribution >= 0.6 is 15.9 Å². The van der Waals surface area contributed by atoms with Crippen molar-refractivity contribution in [1.29, 1.82) is 0 Å². The number of nitrogens with zero attached hydrogens (tertiary/aromatic N) is 2. The van der Waals surface area contributed by atoms with Gasteiger partial charge in [-0.05, 0) is 27.6 Å². The number of benzene rings is 1. The molecule has 1 aromatic carbocycles. The van der Waals surface area contributed by atoms with Gasteiger partial charge in [-0.3, -0.25) is 9.48 Å². The van der Waals surface area contributed by atoms with E-state index in [1.54, 1.807) is 29.3 Å². The summed E-state index contributed by atoms with van der Waals surface area (Å²) in [6, 6.07) is 11.8. The summed E-state index contributed by atoms with van der Waals surface area (Å²) in [5, 5.41) is 7.02. The number of hydrogen-bond acceptors (Lipinski definition) is 2. The van der Waals surface area contributed by atoms with E-state index in [9.17, 15) is 4.79 Å². The van der Waals surface area contributed by atoms with Crippen LogP contribution in [0.5, 0.6) is 0 Å². The maximum absolute atomic E-state index is 12.1. The molecule has 0 saturated heterocycles. The molecule has 1 amide bonds. The lowest BCUT2D eigenvalue weighted by Gasteiger charge is -2.01. The number of nitrogens with one attached hydrogen (secondary N) is 2. The highest BCUT2D eigenvalue weighted by molar-refractivity contribution is 9.10. The number of rotatable bonds is 4. The first kappa shape index (κ1) is 13.6. The number of H-pyrrole nitrogens is 1. The largest absolute Gasteiger partial charge is 0.354 e. The van der Waals surface area contributed by atoms with Gasteiger partial charge in [0.2, 0.25) is 0 Å². The number of carbonyl (C=O) groups is 1. The molecule has 0 fully saturated rings. The van der Waals surface area contributed by atoms with Crippen molar-refractivity contribution in [3.8, 4) is 0 Å². The van der Waals surface area contributed by atoms with Crippen molar-refractivity contribution in [2.75, 3.05) is 5.32 Å². The molecule has 3 rings (SSSR count). The van der Waals surface area contributed by atoms with Gasteiger partial charge in [0.05, 0.1) is 28.6 Å². The topological polar surface area (TPSA) is 62.7 Å². The molecule has 106 valence electrons. The van der Waals surface area contributed by atoms with Gasteiger partial charge in [0.15, 0.2) is 0 Å². The molecular weight excluding hydrogens is 332 g/mol. The number of halogens is 1. The minimum atomic E-state index is -0.180. The normalized spacial score (nSPS) is 10.5. The van der Waals surface area contributed by atoms with E-state index in [0.717, 1.165) is 10.2 Å². The van der Waals surface area contributed by atoms with Crippen molar-refractivity contribution >= 4 is 27.5 Å². The number of aromatic amines is 1. The summed E-state index contributed by atoms with van der Waals surface area (Å²) in [5.41, 5.74) is 2.38. The predicted octanol–water partition coefficient (Wildman–Crippen LogP) is 3.27. The van der Waals surface area contributed by atoms with Gasteiger partial charge in [-0.2, -0.15) is 5.10 Å². The third kappa shape index (κ3) is 3.41. The monoisotopic (exact) mass is 344 g/mol. The summed E-state index contributed by atoms with van der Waals surface area (Å²) in [6.07, 6.45) is 5.03. The van der Waals surface area contributed by atoms with Crippen molar-refractivity contribution in [3.63, 3.8) is 0 Å². The Labute approximate surface area is 130 Å². The number of amides is 1. The fourth-order valence-corrected chi connectivity index (χ4v) is 2.34. The standard InChI is InChI=1S/C15H13BrN4O/c16-14-6-13(8-17-14)19-15(21)12-7-18-20(10-12)9-11-4-2-1-3-5-11/h1-8,10,17H,9H2,(H,19,21). The summed E-state index contributed by atoms with van der Waals surface area (Å²) in [5.74, 6) is -0.180. The highest BCUT2D eigenvalue weighted by Crippen LogP contribution is 2.15. The van der Waals surface area contributed by atoms with Crippen LogP contribution in [0.25, 0.3) is 0 Å². The first-order chi connectivity index (χ1) is 10.2. The fourth-order valence-electron chi connectivity index (χ4n) is 1.98. The van der Waals surface area contributed by atoms with Crippen LogP contribution in [0, 0.1) is 0 Å². The van der Waals surface area contributed by atoms with E-state index in [1.165, 1.54) is 0 Å². The summed E-state index contributed by atoms with van der Waals surface area (Å²) in [6.45, 7) is 0.643. The molecule has 0 spiro atoms. The van der Waals surface area contributed by atoms with E-state index in [0.29, 0.717) is 17.8 Å². The van der Waals surface area contributed by atoms with E-state index in [-0.39, 0.29) is 5.91 Å². The summed E-state index contributed by atoms with van der Waals surface area (Å²) < 4.78 is 2.56. The predicted molar refractivity (Wildman–Crippen MR) is 84.2 cm³/mol. The zero-order chi connectivity index (χ0) is 14.7. The molecule has 0 aliphatic rings. The zero-order valence-electron chi connectivity index (χ0n) is 11.1. The van der Waals surface area contributed by atoms with E-state index in [2.05, 4.69) is 31.3 Å². The number of aromatic nitrogens is 3. The van der Waals surface area contributed by atoms with Gasteiger partial charge in [0, 0.05) is 12.4 Å². The van der Waals surface area contributed by atoms with Crippen LogP contribution in [0.4, 0.5) is 5.69 Å². The van der Waals surface area contributed by atoms with Crippen molar-refractivity contribution in [1.82, 2.24) is 14.8 Å². The maximum Gasteiger partial charge on any atom is 0.258 e. The third-order valence-corrected chi connectivity index (χ3v) is 3.45. The van der Waals surface area contributed by atoms with Gasteiger partial charge in [0.1, 0.15) is 0 Å². The molecule has 0 saturated carbocycles. The average molecular weight is 345 g/mol. The SMILES string of the molecule is O=C(Nc1c[nH]c(Br)c1)c1cnn(Cc2ccccc2)c1. The van der Waals surface area contributed by atoms with Crippen LogP contribution in [0.3, 0.4) is 0 Å². The molecule has 0 bridgehead atoms. The van der Waals surface area contributed by atoms with Gasteiger partial charge in [-0.1, -0.05) is 30.3 Å². The second-order valence-corrected chi connectivity index (χ2v) is 5.46. The van der Waals surface area contributed by atoms with Gasteiger partial charge in [0.25, 0.3) is 5.91 Å². The molecule has 6 heteroatoms. The van der Waals surface area contributed by atoms with Crippen LogP contribution in [0.15, 0.2) is 59.6 Å². The quantitative estimate of drug-likeness (QED) is 0.762. The Morgan fingerprint density at radius 3 is 2.86 bits per heavy atom. The lowest BCUT2D eigenvalue weighted by molar-refractivity contribution is 0.102. The van der Waals surface area contributed by atoms with E-state index in [4.69, 9.17) is 0 Å². The lowest BCUT2D eigenvalue weighted by Crippen LogP contribution is -2.10. The van der Waals surface area contributed by atoms with E-state index >= 15 is 0 Å². The Hall–Kier alpha value is -2.34. The molecule has 2 heterocycles. The Kier molecular flexibility index (Phi) is 3.87. The summed E-state index contributed by atoms with van der Waals surface area (Å²) >= 11 is 3.30. The molecule has 0 aliphatic heterocycles. The highest BCUT2D eigenvalue weighted by atomic mass is 79.9. The smallest absolute Gasteiger partial charge is 0.258 e. The van der Waals surface area contributed by atoms with Crippen LogP contribution in [-0.2, 0) is 6.54 Å². The van der Waals surface area contributed by atoms with Crippen molar-refractivity contribution < 1.29 is 4.79 Å². The number of hydrogen-bond donors (Lipinski definition) is 2. The second-order valence-electron chi connectivity index (χ2n) is 4.60. The summed E-state index contributed by atoms with van der Waals surface area (Å²) in [4.78, 5) is 15.0. The minimum Gasteiger partial charge on any atom is -0.354 e. The van der Waals surface area contributed by atoms with Gasteiger partial charge < -0.3 is 10.3 Å². The Morgan fingerprint density at radius 2 is 2.14 bits per heavy atom. The number of carbonyl (C=O) groups excluding carboxylic acids is 1. The van der Waals surface area contributed by atoms with Crippen LogP contribution in [-0.4, -0.2) is 20.7 Å². The minimum absolute atomic E-state index is 0.180. The second kappa shape index (κ2) is 5.97. The van der Waals surface area contributed by atoms with Crippen LogP contribution < -0.4 is 5.32 Å². The number of anilines is 1. The molecule has 2 aromatic heterocycles. The van der Waals surface area contributed by atoms with Gasteiger partial charge in [-0.15, -0.1) is 0 Å². The first-order valence-corrected chi connectivity index (χ1v) is 7.22. The van der Waals surface area contributed by atoms with E-state index in [1.807, 2.05) is 30.3 Å². The highest BCUT2D eigenvalue weighted by Gasteiger charge is 2.10. The molecule has 2 N–H and O–H groups in total. The molecule has 0 unspecified atom stereocenters. The van der Waals surface area contributed by atoms with Crippen molar-refractivity contribution in [2.24, 2.45) is 0 Å². The molecule has 0 aliphatic carbocycles. The molecule has 0 atom stereocenters. The average Bonchev–Trinajstić information content (AvgIpc) is 3.09.